The molecule has 0 atom stereocenters. The van der Waals surface area contributed by atoms with Crippen molar-refractivity contribution in [2.75, 3.05) is 36.9 Å². The van der Waals surface area contributed by atoms with Gasteiger partial charge in [-0.25, -0.2) is 8.42 Å². The van der Waals surface area contributed by atoms with Crippen LogP contribution in [0.3, 0.4) is 0 Å². The largest absolute Gasteiger partial charge is 0.496 e. The number of aryl methyl sites for hydroxylation is 1. The number of nitrogens with one attached hydrogen (secondary N) is 1. The minimum absolute atomic E-state index is 0.197. The molecule has 0 aliphatic carbocycles. The van der Waals surface area contributed by atoms with E-state index in [1.165, 1.54) is 6.07 Å². The van der Waals surface area contributed by atoms with E-state index < -0.39 is 10.0 Å². The fourth-order valence-corrected chi connectivity index (χ4v) is 3.78. The van der Waals surface area contributed by atoms with E-state index in [2.05, 4.69) is 4.72 Å². The number of benzene rings is 2. The Labute approximate surface area is 142 Å². The van der Waals surface area contributed by atoms with Gasteiger partial charge in [0, 0.05) is 7.05 Å². The Morgan fingerprint density at radius 1 is 1.21 bits per heavy atom. The molecule has 7 heteroatoms. The van der Waals surface area contributed by atoms with Crippen molar-refractivity contribution in [1.82, 2.24) is 0 Å². The lowest BCUT2D eigenvalue weighted by molar-refractivity contribution is 0.311. The SMILES string of the molecule is COc1ccc(S(=O)(=O)Nc2ccc3c(c2)N(C)CCO3)cc1C. The molecule has 2 aromatic carbocycles. The predicted molar refractivity (Wildman–Crippen MR) is 93.7 cm³/mol. The van der Waals surface area contributed by atoms with Crippen LogP contribution in [-0.4, -0.2) is 35.7 Å². The Morgan fingerprint density at radius 2 is 2.00 bits per heavy atom. The van der Waals surface area contributed by atoms with E-state index in [0.717, 1.165) is 23.5 Å². The number of hydrogen-bond donors (Lipinski definition) is 1. The van der Waals surface area contributed by atoms with Crippen LogP contribution in [0.15, 0.2) is 41.3 Å². The first-order valence-electron chi connectivity index (χ1n) is 7.56. The average molecular weight is 348 g/mol. The standard InChI is InChI=1S/C17H20N2O4S/c1-12-10-14(5-7-16(12)22-3)24(20,21)18-13-4-6-17-15(11-13)19(2)8-9-23-17/h4-7,10-11,18H,8-9H2,1-3H3. The van der Waals surface area contributed by atoms with Crippen LogP contribution in [0.1, 0.15) is 5.56 Å². The van der Waals surface area contributed by atoms with Crippen molar-refractivity contribution in [1.29, 1.82) is 0 Å². The summed E-state index contributed by atoms with van der Waals surface area (Å²) in [7, 11) is -0.163. The molecule has 1 heterocycles. The van der Waals surface area contributed by atoms with E-state index in [4.69, 9.17) is 9.47 Å². The first-order valence-corrected chi connectivity index (χ1v) is 9.04. The summed E-state index contributed by atoms with van der Waals surface area (Å²) < 4.78 is 38.6. The highest BCUT2D eigenvalue weighted by Crippen LogP contribution is 2.34. The maximum absolute atomic E-state index is 12.6. The highest BCUT2D eigenvalue weighted by molar-refractivity contribution is 7.92. The van der Waals surface area contributed by atoms with Gasteiger partial charge in [0.05, 0.1) is 29.9 Å². The minimum atomic E-state index is -3.67. The van der Waals surface area contributed by atoms with E-state index >= 15 is 0 Å². The molecule has 3 rings (SSSR count). The van der Waals surface area contributed by atoms with Gasteiger partial charge in [0.1, 0.15) is 18.1 Å². The van der Waals surface area contributed by atoms with Gasteiger partial charge in [0.15, 0.2) is 0 Å². The van der Waals surface area contributed by atoms with Crippen molar-refractivity contribution in [2.24, 2.45) is 0 Å². The number of ether oxygens (including phenoxy) is 2. The van der Waals surface area contributed by atoms with Crippen LogP contribution < -0.4 is 19.1 Å². The van der Waals surface area contributed by atoms with Crippen molar-refractivity contribution in [3.63, 3.8) is 0 Å². The van der Waals surface area contributed by atoms with Crippen LogP contribution in [0.5, 0.6) is 11.5 Å². The van der Waals surface area contributed by atoms with Crippen LogP contribution in [0.2, 0.25) is 0 Å². The van der Waals surface area contributed by atoms with Crippen LogP contribution in [0, 0.1) is 6.92 Å². The number of hydrogen-bond acceptors (Lipinski definition) is 5. The zero-order chi connectivity index (χ0) is 17.3. The van der Waals surface area contributed by atoms with Crippen molar-refractivity contribution in [3.8, 4) is 11.5 Å². The van der Waals surface area contributed by atoms with E-state index in [1.807, 2.05) is 18.9 Å². The fraction of sp³-hybridized carbons (Fsp3) is 0.294. The summed E-state index contributed by atoms with van der Waals surface area (Å²) in [5.41, 5.74) is 2.13. The van der Waals surface area contributed by atoms with Crippen LogP contribution in [0.25, 0.3) is 0 Å². The van der Waals surface area contributed by atoms with Gasteiger partial charge in [-0.15, -0.1) is 0 Å². The molecule has 0 radical (unpaired) electrons. The molecule has 6 nitrogen and oxygen atoms in total. The molecule has 0 spiro atoms. The number of nitrogens with zero attached hydrogens (tertiary/aromatic N) is 1. The second kappa shape index (κ2) is 6.24. The molecular formula is C17H20N2O4S. The van der Waals surface area contributed by atoms with Crippen LogP contribution in [0.4, 0.5) is 11.4 Å². The molecule has 1 aliphatic rings. The van der Waals surface area contributed by atoms with Gasteiger partial charge in [-0.2, -0.15) is 0 Å². The van der Waals surface area contributed by atoms with Gasteiger partial charge >= 0.3 is 0 Å². The molecule has 0 amide bonds. The monoisotopic (exact) mass is 348 g/mol. The molecular weight excluding hydrogens is 328 g/mol. The molecule has 24 heavy (non-hydrogen) atoms. The van der Waals surface area contributed by atoms with Crippen molar-refractivity contribution in [3.05, 3.63) is 42.0 Å². The second-order valence-corrected chi connectivity index (χ2v) is 7.37. The van der Waals surface area contributed by atoms with Crippen LogP contribution in [-0.2, 0) is 10.0 Å². The number of methoxy groups -OCH3 is 1. The third-order valence-corrected chi connectivity index (χ3v) is 5.36. The van der Waals surface area contributed by atoms with Gasteiger partial charge < -0.3 is 14.4 Å². The maximum atomic E-state index is 12.6. The minimum Gasteiger partial charge on any atom is -0.496 e. The Balaban J connectivity index is 1.90. The van der Waals surface area contributed by atoms with E-state index in [1.54, 1.807) is 37.4 Å². The topological polar surface area (TPSA) is 67.9 Å². The maximum Gasteiger partial charge on any atom is 0.261 e. The van der Waals surface area contributed by atoms with E-state index in [9.17, 15) is 8.42 Å². The fourth-order valence-electron chi connectivity index (χ4n) is 2.65. The molecule has 0 unspecified atom stereocenters. The normalized spacial score (nSPS) is 13.9. The Bertz CT molecular complexity index is 865. The lowest BCUT2D eigenvalue weighted by atomic mass is 10.2. The summed E-state index contributed by atoms with van der Waals surface area (Å²) in [5, 5.41) is 0. The lowest BCUT2D eigenvalue weighted by Gasteiger charge is -2.28. The van der Waals surface area contributed by atoms with Gasteiger partial charge in [-0.1, -0.05) is 0 Å². The Kier molecular flexibility index (Phi) is 4.28. The molecule has 1 N–H and O–H groups in total. The summed E-state index contributed by atoms with van der Waals surface area (Å²) >= 11 is 0. The Hall–Kier alpha value is -2.41. The smallest absolute Gasteiger partial charge is 0.261 e. The highest BCUT2D eigenvalue weighted by Gasteiger charge is 2.19. The van der Waals surface area contributed by atoms with Gasteiger partial charge in [0.2, 0.25) is 0 Å². The molecule has 0 saturated heterocycles. The number of anilines is 2. The van der Waals surface area contributed by atoms with E-state index in [-0.39, 0.29) is 4.90 Å². The molecule has 1 aliphatic heterocycles. The van der Waals surface area contributed by atoms with Gasteiger partial charge in [-0.05, 0) is 48.9 Å². The molecule has 0 bridgehead atoms. The van der Waals surface area contributed by atoms with Gasteiger partial charge in [0.25, 0.3) is 10.0 Å². The molecule has 2 aromatic rings. The molecule has 0 saturated carbocycles. The third-order valence-electron chi connectivity index (χ3n) is 3.98. The summed E-state index contributed by atoms with van der Waals surface area (Å²) in [5.74, 6) is 1.41. The van der Waals surface area contributed by atoms with Gasteiger partial charge in [-0.3, -0.25) is 4.72 Å². The summed E-state index contributed by atoms with van der Waals surface area (Å²) in [6.07, 6.45) is 0. The predicted octanol–water partition coefficient (Wildman–Crippen LogP) is 2.63. The van der Waals surface area contributed by atoms with Crippen LogP contribution >= 0.6 is 0 Å². The first kappa shape index (κ1) is 16.4. The Morgan fingerprint density at radius 3 is 2.71 bits per heavy atom. The highest BCUT2D eigenvalue weighted by atomic mass is 32.2. The van der Waals surface area contributed by atoms with E-state index in [0.29, 0.717) is 18.0 Å². The number of likely N-dealkylation sites (N-methyl/N-ethyl adjacent to an activating group) is 1. The summed E-state index contributed by atoms with van der Waals surface area (Å²) in [6, 6.07) is 10.0. The lowest BCUT2D eigenvalue weighted by Crippen LogP contribution is -2.28. The summed E-state index contributed by atoms with van der Waals surface area (Å²) in [4.78, 5) is 2.23. The third kappa shape index (κ3) is 3.12. The van der Waals surface area contributed by atoms with Crippen molar-refractivity contribution < 1.29 is 17.9 Å². The second-order valence-electron chi connectivity index (χ2n) is 5.69. The average Bonchev–Trinajstić information content (AvgIpc) is 2.55. The molecule has 0 fully saturated rings. The number of rotatable bonds is 4. The zero-order valence-corrected chi connectivity index (χ0v) is 14.7. The van der Waals surface area contributed by atoms with Crippen molar-refractivity contribution >= 4 is 21.4 Å². The summed E-state index contributed by atoms with van der Waals surface area (Å²) in [6.45, 7) is 3.20. The molecule has 128 valence electrons. The number of sulfonamides is 1. The molecule has 0 aromatic heterocycles. The number of fused-ring (bicyclic) bond motifs is 1. The van der Waals surface area contributed by atoms with Crippen molar-refractivity contribution in [2.45, 2.75) is 11.8 Å². The zero-order valence-electron chi connectivity index (χ0n) is 13.9. The quantitative estimate of drug-likeness (QED) is 0.920. The first-order chi connectivity index (χ1) is 11.4.